The normalized spacial score (nSPS) is 24.8. The van der Waals surface area contributed by atoms with Gasteiger partial charge in [0.05, 0.1) is 0 Å². The van der Waals surface area contributed by atoms with Gasteiger partial charge in [0.25, 0.3) is 0 Å². The van der Waals surface area contributed by atoms with Crippen molar-refractivity contribution in [1.82, 2.24) is 0 Å². The first kappa shape index (κ1) is 6.38. The van der Waals surface area contributed by atoms with Crippen LogP contribution in [-0.2, 0) is 4.79 Å². The monoisotopic (exact) mass is 138 g/mol. The molecule has 2 saturated carbocycles. The van der Waals surface area contributed by atoms with Gasteiger partial charge in [-0.3, -0.25) is 4.79 Å². The maximum atomic E-state index is 11.1. The molecule has 2 rings (SSSR count). The van der Waals surface area contributed by atoms with Crippen molar-refractivity contribution >= 4 is 5.78 Å². The van der Waals surface area contributed by atoms with E-state index in [0.717, 1.165) is 24.7 Å². The van der Waals surface area contributed by atoms with E-state index in [2.05, 4.69) is 0 Å². The molecule has 2 aliphatic rings. The Morgan fingerprint density at radius 1 is 1.00 bits per heavy atom. The predicted octanol–water partition coefficient (Wildman–Crippen LogP) is 2.16. The Kier molecular flexibility index (Phi) is 1.51. The van der Waals surface area contributed by atoms with Crippen LogP contribution in [0.25, 0.3) is 0 Å². The fourth-order valence-electron chi connectivity index (χ4n) is 1.37. The molecular formula is C9H14O. The summed E-state index contributed by atoms with van der Waals surface area (Å²) in [5.74, 6) is 2.13. The van der Waals surface area contributed by atoms with E-state index in [1.807, 2.05) is 0 Å². The molecule has 1 heteroatoms. The molecule has 0 spiro atoms. The third-order valence-corrected chi connectivity index (χ3v) is 2.43. The van der Waals surface area contributed by atoms with Crippen molar-refractivity contribution in [3.05, 3.63) is 0 Å². The summed E-state index contributed by atoms with van der Waals surface area (Å²) in [5.41, 5.74) is 0. The Labute approximate surface area is 61.8 Å². The summed E-state index contributed by atoms with van der Waals surface area (Å²) in [6.45, 7) is 0. The second kappa shape index (κ2) is 2.37. The zero-order chi connectivity index (χ0) is 6.97. The minimum atomic E-state index is 0.532. The molecule has 0 radical (unpaired) electrons. The molecule has 56 valence electrons. The predicted molar refractivity (Wildman–Crippen MR) is 39.7 cm³/mol. The second-order valence-electron chi connectivity index (χ2n) is 3.83. The van der Waals surface area contributed by atoms with Crippen molar-refractivity contribution in [3.8, 4) is 0 Å². The highest BCUT2D eigenvalue weighted by molar-refractivity contribution is 5.79. The van der Waals surface area contributed by atoms with Gasteiger partial charge in [-0.05, 0) is 37.5 Å². The number of hydrogen-bond acceptors (Lipinski definition) is 1. The molecule has 0 aromatic carbocycles. The lowest BCUT2D eigenvalue weighted by atomic mass is 10.1. The van der Waals surface area contributed by atoms with Crippen molar-refractivity contribution in [1.29, 1.82) is 0 Å². The van der Waals surface area contributed by atoms with E-state index in [-0.39, 0.29) is 0 Å². The molecule has 10 heavy (non-hydrogen) atoms. The SMILES string of the molecule is O=C(CC1CC1)CC1CC1. The Balaban J connectivity index is 1.64. The molecule has 0 bridgehead atoms. The van der Waals surface area contributed by atoms with Crippen LogP contribution in [0.5, 0.6) is 0 Å². The van der Waals surface area contributed by atoms with Crippen LogP contribution in [-0.4, -0.2) is 5.78 Å². The molecule has 0 heterocycles. The maximum absolute atomic E-state index is 11.1. The van der Waals surface area contributed by atoms with Gasteiger partial charge in [-0.2, -0.15) is 0 Å². The van der Waals surface area contributed by atoms with Gasteiger partial charge in [-0.25, -0.2) is 0 Å². The Morgan fingerprint density at radius 2 is 1.40 bits per heavy atom. The molecule has 1 nitrogen and oxygen atoms in total. The van der Waals surface area contributed by atoms with Crippen LogP contribution in [0.3, 0.4) is 0 Å². The van der Waals surface area contributed by atoms with Crippen LogP contribution in [0.1, 0.15) is 38.5 Å². The van der Waals surface area contributed by atoms with E-state index in [0.29, 0.717) is 5.78 Å². The van der Waals surface area contributed by atoms with Crippen molar-refractivity contribution < 1.29 is 4.79 Å². The standard InChI is InChI=1S/C9H14O/c10-9(5-7-1-2-7)6-8-3-4-8/h7-8H,1-6H2. The summed E-state index contributed by atoms with van der Waals surface area (Å²) >= 11 is 0. The number of carbonyl (C=O) groups is 1. The largest absolute Gasteiger partial charge is 0.300 e. The van der Waals surface area contributed by atoms with Crippen molar-refractivity contribution in [2.45, 2.75) is 38.5 Å². The number of rotatable bonds is 4. The van der Waals surface area contributed by atoms with E-state index in [4.69, 9.17) is 0 Å². The molecule has 0 unspecified atom stereocenters. The number of hydrogen-bond donors (Lipinski definition) is 0. The Hall–Kier alpha value is -0.330. The smallest absolute Gasteiger partial charge is 0.133 e. The third-order valence-electron chi connectivity index (χ3n) is 2.43. The fraction of sp³-hybridized carbons (Fsp3) is 0.889. The molecule has 0 aliphatic heterocycles. The molecule has 2 aliphatic carbocycles. The molecule has 0 atom stereocenters. The Bertz CT molecular complexity index is 127. The minimum Gasteiger partial charge on any atom is -0.300 e. The molecule has 0 aromatic rings. The van der Waals surface area contributed by atoms with Gasteiger partial charge in [0, 0.05) is 12.8 Å². The summed E-state index contributed by atoms with van der Waals surface area (Å²) < 4.78 is 0. The zero-order valence-corrected chi connectivity index (χ0v) is 6.31. The van der Waals surface area contributed by atoms with Gasteiger partial charge in [0.1, 0.15) is 5.78 Å². The van der Waals surface area contributed by atoms with E-state index < -0.39 is 0 Å². The van der Waals surface area contributed by atoms with Gasteiger partial charge in [-0.1, -0.05) is 0 Å². The van der Waals surface area contributed by atoms with Crippen molar-refractivity contribution in [3.63, 3.8) is 0 Å². The van der Waals surface area contributed by atoms with Crippen molar-refractivity contribution in [2.24, 2.45) is 11.8 Å². The lowest BCUT2D eigenvalue weighted by Gasteiger charge is -1.94. The van der Waals surface area contributed by atoms with Crippen LogP contribution < -0.4 is 0 Å². The summed E-state index contributed by atoms with van der Waals surface area (Å²) in [7, 11) is 0. The highest BCUT2D eigenvalue weighted by Gasteiger charge is 2.28. The summed E-state index contributed by atoms with van der Waals surface area (Å²) in [6, 6.07) is 0. The molecule has 2 fully saturated rings. The quantitative estimate of drug-likeness (QED) is 0.581. The number of carbonyl (C=O) groups excluding carboxylic acids is 1. The average Bonchev–Trinajstić information content (AvgIpc) is 2.59. The Morgan fingerprint density at radius 3 is 1.70 bits per heavy atom. The number of ketones is 1. The summed E-state index contributed by atoms with van der Waals surface area (Å²) in [4.78, 5) is 11.1. The molecule has 0 amide bonds. The fourth-order valence-corrected chi connectivity index (χ4v) is 1.37. The first-order valence-corrected chi connectivity index (χ1v) is 4.36. The summed E-state index contributed by atoms with van der Waals surface area (Å²) in [6.07, 6.45) is 7.06. The summed E-state index contributed by atoms with van der Waals surface area (Å²) in [5, 5.41) is 0. The van der Waals surface area contributed by atoms with Gasteiger partial charge in [-0.15, -0.1) is 0 Å². The van der Waals surface area contributed by atoms with Crippen LogP contribution in [0.2, 0.25) is 0 Å². The molecule has 0 N–H and O–H groups in total. The van der Waals surface area contributed by atoms with Crippen molar-refractivity contribution in [2.75, 3.05) is 0 Å². The van der Waals surface area contributed by atoms with Crippen LogP contribution in [0.4, 0.5) is 0 Å². The molecule has 0 aromatic heterocycles. The zero-order valence-electron chi connectivity index (χ0n) is 6.31. The van der Waals surface area contributed by atoms with E-state index in [1.54, 1.807) is 0 Å². The number of Topliss-reactive ketones (excluding diaryl/α,β-unsaturated/α-hetero) is 1. The van der Waals surface area contributed by atoms with Gasteiger partial charge < -0.3 is 0 Å². The highest BCUT2D eigenvalue weighted by Crippen LogP contribution is 2.37. The molecule has 0 saturated heterocycles. The second-order valence-corrected chi connectivity index (χ2v) is 3.83. The van der Waals surface area contributed by atoms with Gasteiger partial charge in [0.15, 0.2) is 0 Å². The van der Waals surface area contributed by atoms with E-state index >= 15 is 0 Å². The van der Waals surface area contributed by atoms with Gasteiger partial charge in [0.2, 0.25) is 0 Å². The third kappa shape index (κ3) is 1.83. The van der Waals surface area contributed by atoms with Crippen LogP contribution in [0.15, 0.2) is 0 Å². The molecular weight excluding hydrogens is 124 g/mol. The van der Waals surface area contributed by atoms with Crippen LogP contribution in [0, 0.1) is 11.8 Å². The van der Waals surface area contributed by atoms with E-state index in [9.17, 15) is 4.79 Å². The van der Waals surface area contributed by atoms with Gasteiger partial charge >= 0.3 is 0 Å². The topological polar surface area (TPSA) is 17.1 Å². The maximum Gasteiger partial charge on any atom is 0.133 e. The lowest BCUT2D eigenvalue weighted by Crippen LogP contribution is -1.99. The minimum absolute atomic E-state index is 0.532. The first-order chi connectivity index (χ1) is 4.84. The van der Waals surface area contributed by atoms with Crippen LogP contribution >= 0.6 is 0 Å². The van der Waals surface area contributed by atoms with E-state index in [1.165, 1.54) is 25.7 Å². The average molecular weight is 138 g/mol. The lowest BCUT2D eigenvalue weighted by molar-refractivity contribution is -0.119. The first-order valence-electron chi connectivity index (χ1n) is 4.36. The highest BCUT2D eigenvalue weighted by atomic mass is 16.1.